The van der Waals surface area contributed by atoms with Crippen LogP contribution in [0.2, 0.25) is 0 Å². The van der Waals surface area contributed by atoms with Crippen LogP contribution in [-0.2, 0) is 14.3 Å². The van der Waals surface area contributed by atoms with Crippen LogP contribution >= 0.6 is 0 Å². The summed E-state index contributed by atoms with van der Waals surface area (Å²) in [6.45, 7) is 9.16. The highest BCUT2D eigenvalue weighted by Gasteiger charge is 2.66. The summed E-state index contributed by atoms with van der Waals surface area (Å²) in [6, 6.07) is 0. The van der Waals surface area contributed by atoms with Crippen molar-refractivity contribution in [3.8, 4) is 0 Å². The Bertz CT molecular complexity index is 848. The fourth-order valence-electron chi connectivity index (χ4n) is 7.56. The minimum Gasteiger partial charge on any atom is -0.461 e. The summed E-state index contributed by atoms with van der Waals surface area (Å²) < 4.78 is 36.1. The first-order chi connectivity index (χ1) is 14.0. The predicted molar refractivity (Wildman–Crippen MR) is 108 cm³/mol. The zero-order chi connectivity index (χ0) is 22.2. The van der Waals surface area contributed by atoms with Crippen molar-refractivity contribution in [3.63, 3.8) is 0 Å². The molecule has 0 bridgehead atoms. The molecule has 0 spiro atoms. The summed E-state index contributed by atoms with van der Waals surface area (Å²) in [5.74, 6) is -2.40. The molecule has 0 heterocycles. The lowest BCUT2D eigenvalue weighted by Gasteiger charge is -2.59. The molecule has 3 saturated carbocycles. The maximum Gasteiger partial charge on any atom is 0.305 e. The fourth-order valence-corrected chi connectivity index (χ4v) is 7.56. The fraction of sp³-hybridized carbons (Fsp3) is 0.750. The first kappa shape index (κ1) is 21.7. The Morgan fingerprint density at radius 2 is 2.00 bits per heavy atom. The first-order valence-corrected chi connectivity index (χ1v) is 11.1. The van der Waals surface area contributed by atoms with Gasteiger partial charge in [-0.3, -0.25) is 9.59 Å². The Labute approximate surface area is 176 Å². The van der Waals surface area contributed by atoms with E-state index in [9.17, 15) is 19.1 Å². The predicted octanol–water partition coefficient (Wildman–Crippen LogP) is 4.47. The number of aliphatic hydroxyl groups excluding tert-OH is 1. The van der Waals surface area contributed by atoms with Crippen molar-refractivity contribution in [2.75, 3.05) is 0 Å². The standard InChI is InChI=1S/C24H32F2O4/c1-6-17(28)30-22-11(2)7-14-13-8-15(25)19-20(26)21(29)12(3)9-24(19,5)18(13)16(27)10-23(14,22)4/h9,11,13-16,18,22,27H,6-8,10H2,1-5H3/t11-,13-,14-,15-,16-,18+,22-,23-,24+/m0/s1. The lowest BCUT2D eigenvalue weighted by Crippen LogP contribution is -2.59. The molecule has 166 valence electrons. The lowest BCUT2D eigenvalue weighted by molar-refractivity contribution is -0.172. The highest BCUT2D eigenvalue weighted by atomic mass is 19.1. The summed E-state index contributed by atoms with van der Waals surface area (Å²) in [5.41, 5.74) is -1.32. The second kappa shape index (κ2) is 6.98. The average Bonchev–Trinajstić information content (AvgIpc) is 2.89. The van der Waals surface area contributed by atoms with E-state index in [0.717, 1.165) is 6.42 Å². The first-order valence-electron chi connectivity index (χ1n) is 11.1. The van der Waals surface area contributed by atoms with E-state index < -0.39 is 34.7 Å². The maximum absolute atomic E-state index is 15.4. The van der Waals surface area contributed by atoms with Gasteiger partial charge in [0.05, 0.1) is 6.10 Å². The van der Waals surface area contributed by atoms with E-state index in [4.69, 9.17) is 4.74 Å². The van der Waals surface area contributed by atoms with Gasteiger partial charge in [0.2, 0.25) is 5.78 Å². The molecule has 30 heavy (non-hydrogen) atoms. The van der Waals surface area contributed by atoms with Gasteiger partial charge in [-0.15, -0.1) is 0 Å². The van der Waals surface area contributed by atoms with E-state index in [-0.39, 0.29) is 59.7 Å². The number of ketones is 1. The third kappa shape index (κ3) is 2.78. The summed E-state index contributed by atoms with van der Waals surface area (Å²) in [6.07, 6.45) is 0.543. The summed E-state index contributed by atoms with van der Waals surface area (Å²) in [5, 5.41) is 11.3. The zero-order valence-electron chi connectivity index (χ0n) is 18.4. The average molecular weight is 423 g/mol. The largest absolute Gasteiger partial charge is 0.461 e. The van der Waals surface area contributed by atoms with E-state index in [0.29, 0.717) is 6.42 Å². The third-order valence-corrected chi connectivity index (χ3v) is 8.60. The van der Waals surface area contributed by atoms with Gasteiger partial charge < -0.3 is 9.84 Å². The topological polar surface area (TPSA) is 63.6 Å². The molecule has 4 nitrogen and oxygen atoms in total. The molecule has 6 heteroatoms. The van der Waals surface area contributed by atoms with Crippen LogP contribution in [0.4, 0.5) is 8.78 Å². The number of hydrogen-bond donors (Lipinski definition) is 1. The number of hydrogen-bond acceptors (Lipinski definition) is 4. The number of Topliss-reactive ketones (excluding diaryl/α,β-unsaturated/α-hetero) is 1. The molecule has 4 aliphatic rings. The normalized spacial score (nSPS) is 47.9. The second-order valence-electron chi connectivity index (χ2n) is 10.4. The molecule has 0 saturated heterocycles. The lowest BCUT2D eigenvalue weighted by atomic mass is 9.46. The number of carbonyl (C=O) groups excluding carboxylic acids is 2. The minimum absolute atomic E-state index is 0.0570. The molecule has 4 rings (SSSR count). The van der Waals surface area contributed by atoms with E-state index in [2.05, 4.69) is 0 Å². The summed E-state index contributed by atoms with van der Waals surface area (Å²) in [7, 11) is 0. The van der Waals surface area contributed by atoms with Gasteiger partial charge in [0.1, 0.15) is 12.3 Å². The third-order valence-electron chi connectivity index (χ3n) is 8.60. The molecule has 0 amide bonds. The zero-order valence-corrected chi connectivity index (χ0v) is 18.4. The number of rotatable bonds is 2. The summed E-state index contributed by atoms with van der Waals surface area (Å²) in [4.78, 5) is 24.2. The van der Waals surface area contributed by atoms with Crippen LogP contribution in [0.1, 0.15) is 60.3 Å². The second-order valence-corrected chi connectivity index (χ2v) is 10.4. The molecule has 0 radical (unpaired) electrons. The van der Waals surface area contributed by atoms with Gasteiger partial charge in [0.25, 0.3) is 0 Å². The van der Waals surface area contributed by atoms with E-state index in [1.807, 2.05) is 13.8 Å². The number of esters is 1. The number of carbonyl (C=O) groups is 2. The van der Waals surface area contributed by atoms with Crippen molar-refractivity contribution in [1.82, 2.24) is 0 Å². The molecule has 3 fully saturated rings. The highest BCUT2D eigenvalue weighted by Crippen LogP contribution is 2.66. The molecular weight excluding hydrogens is 390 g/mol. The van der Waals surface area contributed by atoms with Crippen molar-refractivity contribution < 1.29 is 28.2 Å². The Hall–Kier alpha value is -1.56. The molecule has 1 N–H and O–H groups in total. The highest BCUT2D eigenvalue weighted by molar-refractivity contribution is 6.08. The minimum atomic E-state index is -1.56. The van der Waals surface area contributed by atoms with Gasteiger partial charge in [0, 0.05) is 28.7 Å². The van der Waals surface area contributed by atoms with Crippen molar-refractivity contribution in [1.29, 1.82) is 0 Å². The van der Waals surface area contributed by atoms with Crippen molar-refractivity contribution >= 4 is 11.8 Å². The van der Waals surface area contributed by atoms with Gasteiger partial charge in [-0.2, -0.15) is 0 Å². The number of fused-ring (bicyclic) bond motifs is 5. The van der Waals surface area contributed by atoms with Gasteiger partial charge in [0.15, 0.2) is 5.83 Å². The van der Waals surface area contributed by atoms with Gasteiger partial charge >= 0.3 is 5.97 Å². The van der Waals surface area contributed by atoms with E-state index >= 15 is 4.39 Å². The van der Waals surface area contributed by atoms with Gasteiger partial charge in [-0.1, -0.05) is 33.8 Å². The molecule has 0 aromatic carbocycles. The van der Waals surface area contributed by atoms with Gasteiger partial charge in [-0.25, -0.2) is 8.78 Å². The SMILES string of the molecule is CCC(=O)O[C@H]1[C@@H](C)C[C@H]2[C@@H]3C[C@H](F)C4=C(F)C(=O)C(C)=C[C@]4(C)[C@H]3[C@@H](O)C[C@@]21C. The van der Waals surface area contributed by atoms with Crippen molar-refractivity contribution in [2.24, 2.45) is 34.5 Å². The van der Waals surface area contributed by atoms with Crippen LogP contribution in [0.5, 0.6) is 0 Å². The Kier molecular flexibility index (Phi) is 5.04. The van der Waals surface area contributed by atoms with Crippen LogP contribution < -0.4 is 0 Å². The number of halogens is 2. The van der Waals surface area contributed by atoms with Gasteiger partial charge in [-0.05, 0) is 49.5 Å². The smallest absolute Gasteiger partial charge is 0.305 e. The Morgan fingerprint density at radius 1 is 1.33 bits per heavy atom. The monoisotopic (exact) mass is 422 g/mol. The number of ether oxygens (including phenoxy) is 1. The number of alkyl halides is 1. The number of allylic oxidation sites excluding steroid dienone is 4. The van der Waals surface area contributed by atoms with Crippen molar-refractivity contribution in [2.45, 2.75) is 78.7 Å². The molecule has 0 aromatic heterocycles. The van der Waals surface area contributed by atoms with E-state index in [1.165, 1.54) is 0 Å². The van der Waals surface area contributed by atoms with Crippen LogP contribution in [0, 0.1) is 34.5 Å². The molecule has 0 aromatic rings. The molecule has 9 atom stereocenters. The molecular formula is C24H32F2O4. The van der Waals surface area contributed by atoms with Crippen LogP contribution in [0.3, 0.4) is 0 Å². The number of aliphatic hydroxyl groups is 1. The Morgan fingerprint density at radius 3 is 2.63 bits per heavy atom. The summed E-state index contributed by atoms with van der Waals surface area (Å²) >= 11 is 0. The maximum atomic E-state index is 15.4. The van der Waals surface area contributed by atoms with Crippen LogP contribution in [0.25, 0.3) is 0 Å². The van der Waals surface area contributed by atoms with Crippen molar-refractivity contribution in [3.05, 3.63) is 23.0 Å². The molecule has 4 aliphatic carbocycles. The molecule has 0 unspecified atom stereocenters. The quantitative estimate of drug-likeness (QED) is 0.667. The molecule has 0 aliphatic heterocycles. The Balaban J connectivity index is 1.77. The van der Waals surface area contributed by atoms with Crippen LogP contribution in [0.15, 0.2) is 23.0 Å². The van der Waals surface area contributed by atoms with E-state index in [1.54, 1.807) is 26.8 Å². The van der Waals surface area contributed by atoms with Crippen LogP contribution in [-0.4, -0.2) is 35.2 Å².